The van der Waals surface area contributed by atoms with Gasteiger partial charge in [-0.05, 0) is 82.0 Å². The number of nitrogens with zero attached hydrogens (tertiary/aromatic N) is 4. The average Bonchev–Trinajstić information content (AvgIpc) is 3.59. The van der Waals surface area contributed by atoms with Crippen LogP contribution < -0.4 is 24.6 Å². The second-order valence-electron chi connectivity index (χ2n) is 16.0. The lowest BCUT2D eigenvalue weighted by atomic mass is 9.95. The van der Waals surface area contributed by atoms with Crippen molar-refractivity contribution in [1.29, 1.82) is 0 Å². The molecule has 0 radical (unpaired) electrons. The number of nitrogens with one attached hydrogen (secondary N) is 1. The minimum Gasteiger partial charge on any atom is -0.493 e. The van der Waals surface area contributed by atoms with E-state index in [0.29, 0.717) is 87.2 Å². The molecule has 2 fully saturated rings. The van der Waals surface area contributed by atoms with E-state index in [9.17, 15) is 19.2 Å². The zero-order valence-corrected chi connectivity index (χ0v) is 35.5. The molecule has 1 N–H and O–H groups in total. The number of alkyl halides is 1. The summed E-state index contributed by atoms with van der Waals surface area (Å²) in [5.74, 6) is 0.860. The van der Waals surface area contributed by atoms with Crippen molar-refractivity contribution in [3.8, 4) is 11.5 Å². The molecule has 4 aliphatic rings. The van der Waals surface area contributed by atoms with Crippen LogP contribution in [0.25, 0.3) is 10.8 Å². The molecule has 1 unspecified atom stereocenters. The SMILES string of the molecule is C=CCOC(=O)N1c2cc(OCCCCCC(=O)N3C[C@@H](CCl)c4c3cc(OC(=O)N3CCN(C)CC3)c3ccccc43)c(C)cc2C(=O)N[C@@H](C)[C@@H]1OC1CCCCO1. The number of piperazine rings is 1. The standard InChI is InChI=1S/C45H56ClN5O9/c1-5-21-58-45(55)51-35-25-37(29(2)24-34(35)42(53)47-30(3)43(51)60-40-16-10-12-23-57-40)56-22-11-6-7-15-39(52)50-28-31(27-46)41-33-14-9-8-13-32(33)38(26-36(41)50)59-44(54)49-19-17-48(4)18-20-49/h5,8-9,13-14,24-26,30-31,40,43H,1,6-7,10-12,15-23,27-28H2,2-4H3,(H,47,53)/t30-,31+,40?,43-/m0/s1. The Hall–Kier alpha value is -4.89. The van der Waals surface area contributed by atoms with Gasteiger partial charge in [0, 0.05) is 75.1 Å². The maximum absolute atomic E-state index is 13.9. The van der Waals surface area contributed by atoms with Crippen molar-refractivity contribution in [2.45, 2.75) is 83.3 Å². The molecule has 7 rings (SSSR count). The van der Waals surface area contributed by atoms with Crippen molar-refractivity contribution in [3.63, 3.8) is 0 Å². The Morgan fingerprint density at radius 1 is 0.983 bits per heavy atom. The van der Waals surface area contributed by atoms with Gasteiger partial charge in [-0.2, -0.15) is 0 Å². The second-order valence-corrected chi connectivity index (χ2v) is 16.3. The Balaban J connectivity index is 1.00. The molecule has 0 saturated carbocycles. The van der Waals surface area contributed by atoms with Crippen LogP contribution in [0.15, 0.2) is 55.1 Å². The van der Waals surface area contributed by atoms with Gasteiger partial charge in [0.25, 0.3) is 5.91 Å². The number of rotatable bonds is 13. The fourth-order valence-electron chi connectivity index (χ4n) is 8.36. The van der Waals surface area contributed by atoms with Gasteiger partial charge in [0.2, 0.25) is 5.91 Å². The number of halogens is 1. The predicted molar refractivity (Wildman–Crippen MR) is 229 cm³/mol. The molecule has 4 atom stereocenters. The number of carbonyl (C=O) groups is 4. The first-order valence-corrected chi connectivity index (χ1v) is 21.6. The molecule has 0 bridgehead atoms. The number of unbranched alkanes of at least 4 members (excludes halogenated alkanes) is 2. The van der Waals surface area contributed by atoms with Crippen molar-refractivity contribution in [1.82, 2.24) is 15.1 Å². The van der Waals surface area contributed by atoms with Gasteiger partial charge in [0.15, 0.2) is 12.5 Å². The quantitative estimate of drug-likeness (QED) is 0.106. The Kier molecular flexibility index (Phi) is 14.2. The smallest absolute Gasteiger partial charge is 0.416 e. The number of aryl methyl sites for hydroxylation is 1. The molecular weight excluding hydrogens is 790 g/mol. The molecule has 4 aliphatic heterocycles. The number of likely N-dealkylation sites (N-methyl/N-ethyl adjacent to an activating group) is 1. The molecule has 60 heavy (non-hydrogen) atoms. The molecule has 322 valence electrons. The highest BCUT2D eigenvalue weighted by molar-refractivity contribution is 6.19. The lowest BCUT2D eigenvalue weighted by Gasteiger charge is -2.36. The number of ether oxygens (including phenoxy) is 5. The second kappa shape index (κ2) is 19.7. The largest absolute Gasteiger partial charge is 0.493 e. The molecule has 0 spiro atoms. The van der Waals surface area contributed by atoms with Gasteiger partial charge < -0.3 is 43.7 Å². The first-order valence-electron chi connectivity index (χ1n) is 21.1. The molecule has 15 heteroatoms. The van der Waals surface area contributed by atoms with E-state index in [-0.39, 0.29) is 24.3 Å². The Morgan fingerprint density at radius 2 is 1.75 bits per heavy atom. The number of hydrogen-bond acceptors (Lipinski definition) is 10. The van der Waals surface area contributed by atoms with Crippen molar-refractivity contribution in [2.24, 2.45) is 0 Å². The summed E-state index contributed by atoms with van der Waals surface area (Å²) in [6.07, 6.45) is 3.80. The van der Waals surface area contributed by atoms with E-state index in [0.717, 1.165) is 59.9 Å². The zero-order chi connectivity index (χ0) is 42.3. The number of hydrogen-bond donors (Lipinski definition) is 1. The summed E-state index contributed by atoms with van der Waals surface area (Å²) in [6, 6.07) is 12.5. The molecule has 0 aliphatic carbocycles. The lowest BCUT2D eigenvalue weighted by molar-refractivity contribution is -0.190. The van der Waals surface area contributed by atoms with E-state index in [2.05, 4.69) is 16.8 Å². The van der Waals surface area contributed by atoms with Crippen LogP contribution in [0, 0.1) is 6.92 Å². The van der Waals surface area contributed by atoms with Crippen LogP contribution in [0.2, 0.25) is 0 Å². The van der Waals surface area contributed by atoms with Gasteiger partial charge in [0.05, 0.1) is 29.6 Å². The highest BCUT2D eigenvalue weighted by Crippen LogP contribution is 2.46. The summed E-state index contributed by atoms with van der Waals surface area (Å²) in [7, 11) is 2.03. The van der Waals surface area contributed by atoms with Crippen molar-refractivity contribution >= 4 is 57.7 Å². The highest BCUT2D eigenvalue weighted by atomic mass is 35.5. The third kappa shape index (κ3) is 9.52. The molecule has 14 nitrogen and oxygen atoms in total. The van der Waals surface area contributed by atoms with Gasteiger partial charge in [-0.1, -0.05) is 36.9 Å². The third-order valence-electron chi connectivity index (χ3n) is 11.7. The van der Waals surface area contributed by atoms with Crippen molar-refractivity contribution in [3.05, 3.63) is 71.8 Å². The predicted octanol–water partition coefficient (Wildman–Crippen LogP) is 7.33. The molecule has 0 aromatic heterocycles. The van der Waals surface area contributed by atoms with E-state index < -0.39 is 30.7 Å². The van der Waals surface area contributed by atoms with Crippen molar-refractivity contribution < 1.29 is 42.9 Å². The van der Waals surface area contributed by atoms with E-state index >= 15 is 0 Å². The fraction of sp³-hybridized carbons (Fsp3) is 0.511. The monoisotopic (exact) mass is 845 g/mol. The molecular formula is C45H56ClN5O9. The van der Waals surface area contributed by atoms with Crippen LogP contribution in [0.5, 0.6) is 11.5 Å². The summed E-state index contributed by atoms with van der Waals surface area (Å²) >= 11 is 6.51. The normalized spacial score (nSPS) is 21.8. The van der Waals surface area contributed by atoms with Gasteiger partial charge in [-0.15, -0.1) is 11.6 Å². The summed E-state index contributed by atoms with van der Waals surface area (Å²) < 4.78 is 30.0. The molecule has 4 heterocycles. The average molecular weight is 846 g/mol. The molecule has 3 aromatic rings. The minimum atomic E-state index is -0.909. The Morgan fingerprint density at radius 3 is 2.48 bits per heavy atom. The number of fused-ring (bicyclic) bond motifs is 4. The molecule has 3 aromatic carbocycles. The van der Waals surface area contributed by atoms with Crippen LogP contribution >= 0.6 is 11.6 Å². The summed E-state index contributed by atoms with van der Waals surface area (Å²) in [4.78, 5) is 61.3. The molecule has 4 amide bonds. The van der Waals surface area contributed by atoms with Crippen LogP contribution in [0.4, 0.5) is 21.0 Å². The maximum Gasteiger partial charge on any atom is 0.416 e. The topological polar surface area (TPSA) is 139 Å². The number of carbonyl (C=O) groups excluding carboxylic acids is 4. The van der Waals surface area contributed by atoms with E-state index in [1.807, 2.05) is 44.3 Å². The van der Waals surface area contributed by atoms with Gasteiger partial charge in [-0.25, -0.2) is 14.5 Å². The zero-order valence-electron chi connectivity index (χ0n) is 34.8. The Labute approximate surface area is 356 Å². The number of benzene rings is 3. The lowest BCUT2D eigenvalue weighted by Crippen LogP contribution is -2.53. The third-order valence-corrected chi connectivity index (χ3v) is 12.0. The first-order chi connectivity index (χ1) is 29.1. The van der Waals surface area contributed by atoms with Crippen LogP contribution in [-0.2, 0) is 19.0 Å². The number of anilines is 2. The van der Waals surface area contributed by atoms with Crippen LogP contribution in [0.1, 0.15) is 79.3 Å². The van der Waals surface area contributed by atoms with Crippen molar-refractivity contribution in [2.75, 3.05) is 75.3 Å². The van der Waals surface area contributed by atoms with E-state index in [4.69, 9.17) is 35.3 Å². The van der Waals surface area contributed by atoms with Gasteiger partial charge >= 0.3 is 12.2 Å². The summed E-state index contributed by atoms with van der Waals surface area (Å²) in [5.41, 5.74) is 3.06. The molecule has 2 saturated heterocycles. The van der Waals surface area contributed by atoms with Crippen LogP contribution in [-0.4, -0.2) is 118 Å². The fourth-order valence-corrected chi connectivity index (χ4v) is 8.62. The summed E-state index contributed by atoms with van der Waals surface area (Å²) in [6.45, 7) is 11.4. The first kappa shape index (κ1) is 43.2. The maximum atomic E-state index is 13.9. The van der Waals surface area contributed by atoms with E-state index in [1.54, 1.807) is 28.9 Å². The van der Waals surface area contributed by atoms with Gasteiger partial charge in [0.1, 0.15) is 18.1 Å². The van der Waals surface area contributed by atoms with E-state index in [1.165, 1.54) is 11.0 Å². The minimum absolute atomic E-state index is 0.0209. The highest BCUT2D eigenvalue weighted by Gasteiger charge is 2.41. The Bertz CT molecular complexity index is 2070. The summed E-state index contributed by atoms with van der Waals surface area (Å²) in [5, 5.41) is 4.71. The number of amides is 4. The van der Waals surface area contributed by atoms with Crippen LogP contribution in [0.3, 0.4) is 0 Å². The van der Waals surface area contributed by atoms with Gasteiger partial charge in [-0.3, -0.25) is 9.59 Å².